The molecular formula is C17H24N4O3. The number of hydrogen-bond donors (Lipinski definition) is 0. The highest BCUT2D eigenvalue weighted by molar-refractivity contribution is 5.96. The van der Waals surface area contributed by atoms with Crippen LogP contribution in [-0.2, 0) is 6.54 Å². The number of nitrogens with zero attached hydrogens (tertiary/aromatic N) is 4. The Morgan fingerprint density at radius 1 is 1.17 bits per heavy atom. The Kier molecular flexibility index (Phi) is 4.71. The zero-order valence-electron chi connectivity index (χ0n) is 14.7. The fraction of sp³-hybridized carbons (Fsp3) is 0.588. The first-order chi connectivity index (χ1) is 11.5. The van der Waals surface area contributed by atoms with Crippen molar-refractivity contribution in [3.8, 4) is 0 Å². The van der Waals surface area contributed by atoms with E-state index in [9.17, 15) is 4.79 Å². The van der Waals surface area contributed by atoms with Crippen LogP contribution in [0.1, 0.15) is 53.0 Å². The fourth-order valence-corrected chi connectivity index (χ4v) is 3.03. The third-order valence-electron chi connectivity index (χ3n) is 4.35. The van der Waals surface area contributed by atoms with Crippen LogP contribution in [0.4, 0.5) is 0 Å². The number of carbonyl (C=O) groups is 1. The van der Waals surface area contributed by atoms with Gasteiger partial charge in [-0.2, -0.15) is 0 Å². The van der Waals surface area contributed by atoms with Gasteiger partial charge in [-0.1, -0.05) is 24.2 Å². The summed E-state index contributed by atoms with van der Waals surface area (Å²) in [6.07, 6.45) is 0. The molecule has 0 aromatic carbocycles. The molecular weight excluding hydrogens is 308 g/mol. The summed E-state index contributed by atoms with van der Waals surface area (Å²) in [7, 11) is 0. The van der Waals surface area contributed by atoms with Gasteiger partial charge in [-0.15, -0.1) is 0 Å². The van der Waals surface area contributed by atoms with Crippen LogP contribution in [0.25, 0.3) is 0 Å². The van der Waals surface area contributed by atoms with Crippen LogP contribution in [-0.4, -0.2) is 52.2 Å². The molecule has 2 aromatic heterocycles. The molecule has 1 saturated heterocycles. The van der Waals surface area contributed by atoms with Gasteiger partial charge in [-0.3, -0.25) is 9.69 Å². The minimum atomic E-state index is 0.0226. The second kappa shape index (κ2) is 6.76. The molecule has 1 amide bonds. The molecule has 1 fully saturated rings. The predicted octanol–water partition coefficient (Wildman–Crippen LogP) is 2.36. The minimum Gasteiger partial charge on any atom is -0.361 e. The molecule has 7 heteroatoms. The standard InChI is InChI=1S/C17H24N4O3/c1-11(2)16-15(13(4)18-24-16)17(22)21-7-5-20(6-8-21)10-14-9-12(3)23-19-14/h9,11H,5-8,10H2,1-4H3. The lowest BCUT2D eigenvalue weighted by Gasteiger charge is -2.34. The molecule has 0 radical (unpaired) electrons. The maximum absolute atomic E-state index is 12.9. The molecule has 0 bridgehead atoms. The summed E-state index contributed by atoms with van der Waals surface area (Å²) in [5.41, 5.74) is 2.24. The van der Waals surface area contributed by atoms with Crippen molar-refractivity contribution in [1.82, 2.24) is 20.1 Å². The molecule has 24 heavy (non-hydrogen) atoms. The molecule has 2 aromatic rings. The van der Waals surface area contributed by atoms with Crippen LogP contribution in [0.2, 0.25) is 0 Å². The van der Waals surface area contributed by atoms with Crippen LogP contribution in [0, 0.1) is 13.8 Å². The smallest absolute Gasteiger partial charge is 0.259 e. The van der Waals surface area contributed by atoms with E-state index in [1.807, 2.05) is 38.7 Å². The van der Waals surface area contributed by atoms with Gasteiger partial charge in [0.25, 0.3) is 5.91 Å². The molecule has 0 saturated carbocycles. The van der Waals surface area contributed by atoms with Crippen molar-refractivity contribution < 1.29 is 13.8 Å². The van der Waals surface area contributed by atoms with E-state index in [1.54, 1.807) is 0 Å². The number of aryl methyl sites for hydroxylation is 2. The molecule has 1 aliphatic heterocycles. The first-order valence-corrected chi connectivity index (χ1v) is 8.35. The van der Waals surface area contributed by atoms with Gasteiger partial charge in [-0.25, -0.2) is 0 Å². The first-order valence-electron chi connectivity index (χ1n) is 8.35. The van der Waals surface area contributed by atoms with Crippen LogP contribution < -0.4 is 0 Å². The molecule has 0 unspecified atom stereocenters. The fourth-order valence-electron chi connectivity index (χ4n) is 3.03. The number of piperazine rings is 1. The highest BCUT2D eigenvalue weighted by Crippen LogP contribution is 2.24. The van der Waals surface area contributed by atoms with Gasteiger partial charge in [0.05, 0.1) is 11.4 Å². The Labute approximate surface area is 141 Å². The van der Waals surface area contributed by atoms with Crippen LogP contribution in [0.15, 0.2) is 15.1 Å². The molecule has 0 spiro atoms. The Morgan fingerprint density at radius 3 is 2.46 bits per heavy atom. The lowest BCUT2D eigenvalue weighted by atomic mass is 10.0. The topological polar surface area (TPSA) is 75.6 Å². The number of hydrogen-bond acceptors (Lipinski definition) is 6. The summed E-state index contributed by atoms with van der Waals surface area (Å²) < 4.78 is 10.4. The summed E-state index contributed by atoms with van der Waals surface area (Å²) in [4.78, 5) is 17.0. The zero-order valence-corrected chi connectivity index (χ0v) is 14.7. The Hall–Kier alpha value is -2.15. The number of rotatable bonds is 4. The summed E-state index contributed by atoms with van der Waals surface area (Å²) in [6.45, 7) is 11.5. The van der Waals surface area contributed by atoms with Crippen LogP contribution in [0.3, 0.4) is 0 Å². The van der Waals surface area contributed by atoms with E-state index >= 15 is 0 Å². The Morgan fingerprint density at radius 2 is 1.88 bits per heavy atom. The minimum absolute atomic E-state index is 0.0226. The van der Waals surface area contributed by atoms with E-state index < -0.39 is 0 Å². The second-order valence-corrected chi connectivity index (χ2v) is 6.66. The molecule has 3 heterocycles. The van der Waals surface area contributed by atoms with Crippen molar-refractivity contribution in [2.24, 2.45) is 0 Å². The maximum Gasteiger partial charge on any atom is 0.259 e. The highest BCUT2D eigenvalue weighted by Gasteiger charge is 2.29. The Balaban J connectivity index is 1.62. The quantitative estimate of drug-likeness (QED) is 0.855. The summed E-state index contributed by atoms with van der Waals surface area (Å²) in [5.74, 6) is 1.66. The maximum atomic E-state index is 12.9. The van der Waals surface area contributed by atoms with Gasteiger partial charge in [-0.05, 0) is 13.8 Å². The third kappa shape index (κ3) is 3.36. The van der Waals surface area contributed by atoms with E-state index in [1.165, 1.54) is 0 Å². The number of carbonyl (C=O) groups excluding carboxylic acids is 1. The van der Waals surface area contributed by atoms with Crippen molar-refractivity contribution in [1.29, 1.82) is 0 Å². The predicted molar refractivity (Wildman–Crippen MR) is 87.7 cm³/mol. The zero-order chi connectivity index (χ0) is 17.3. The lowest BCUT2D eigenvalue weighted by molar-refractivity contribution is 0.0622. The second-order valence-electron chi connectivity index (χ2n) is 6.66. The van der Waals surface area contributed by atoms with Gasteiger partial charge >= 0.3 is 0 Å². The monoisotopic (exact) mass is 332 g/mol. The molecule has 1 aliphatic rings. The average Bonchev–Trinajstić information content (AvgIpc) is 3.13. The van der Waals surface area contributed by atoms with Crippen molar-refractivity contribution in [3.05, 3.63) is 34.5 Å². The molecule has 3 rings (SSSR count). The van der Waals surface area contributed by atoms with Gasteiger partial charge in [0, 0.05) is 44.7 Å². The molecule has 0 N–H and O–H groups in total. The normalized spacial score (nSPS) is 16.1. The van der Waals surface area contributed by atoms with E-state index in [0.29, 0.717) is 30.1 Å². The number of amides is 1. The van der Waals surface area contributed by atoms with Crippen molar-refractivity contribution in [2.45, 2.75) is 40.2 Å². The highest BCUT2D eigenvalue weighted by atomic mass is 16.5. The van der Waals surface area contributed by atoms with Crippen LogP contribution in [0.5, 0.6) is 0 Å². The van der Waals surface area contributed by atoms with Crippen molar-refractivity contribution in [2.75, 3.05) is 26.2 Å². The lowest BCUT2D eigenvalue weighted by Crippen LogP contribution is -2.48. The Bertz CT molecular complexity index is 711. The summed E-state index contributed by atoms with van der Waals surface area (Å²) >= 11 is 0. The molecule has 0 atom stereocenters. The SMILES string of the molecule is Cc1cc(CN2CCN(C(=O)c3c(C)noc3C(C)C)CC2)no1. The van der Waals surface area contributed by atoms with Gasteiger partial charge in [0.15, 0.2) is 5.76 Å². The van der Waals surface area contributed by atoms with E-state index in [0.717, 1.165) is 31.1 Å². The van der Waals surface area contributed by atoms with Gasteiger partial charge in [0.2, 0.25) is 0 Å². The van der Waals surface area contributed by atoms with Gasteiger partial charge < -0.3 is 13.9 Å². The van der Waals surface area contributed by atoms with E-state index in [2.05, 4.69) is 15.2 Å². The first kappa shape index (κ1) is 16.7. The van der Waals surface area contributed by atoms with Crippen molar-refractivity contribution in [3.63, 3.8) is 0 Å². The molecule has 7 nitrogen and oxygen atoms in total. The summed E-state index contributed by atoms with van der Waals surface area (Å²) in [5, 5.41) is 8.00. The summed E-state index contributed by atoms with van der Waals surface area (Å²) in [6, 6.07) is 1.95. The largest absolute Gasteiger partial charge is 0.361 e. The van der Waals surface area contributed by atoms with E-state index in [-0.39, 0.29) is 11.8 Å². The third-order valence-corrected chi connectivity index (χ3v) is 4.35. The van der Waals surface area contributed by atoms with Gasteiger partial charge in [0.1, 0.15) is 11.3 Å². The van der Waals surface area contributed by atoms with Crippen molar-refractivity contribution >= 4 is 5.91 Å². The van der Waals surface area contributed by atoms with E-state index in [4.69, 9.17) is 9.05 Å². The number of aromatic nitrogens is 2. The van der Waals surface area contributed by atoms with Crippen LogP contribution >= 0.6 is 0 Å². The average molecular weight is 332 g/mol. The molecule has 0 aliphatic carbocycles. The molecule has 130 valence electrons.